The predicted octanol–water partition coefficient (Wildman–Crippen LogP) is 12.6. The van der Waals surface area contributed by atoms with Crippen LogP contribution in [0.2, 0.25) is 0 Å². The van der Waals surface area contributed by atoms with Crippen LogP contribution < -0.4 is 4.89 Å². The predicted molar refractivity (Wildman–Crippen MR) is 227 cm³/mol. The van der Waals surface area contributed by atoms with Crippen LogP contribution in [0.1, 0.15) is 200 Å². The molecule has 0 heterocycles. The Morgan fingerprint density at radius 1 is 0.556 bits per heavy atom. The van der Waals surface area contributed by atoms with Crippen molar-refractivity contribution in [1.29, 1.82) is 0 Å². The van der Waals surface area contributed by atoms with Gasteiger partial charge in [-0.25, -0.2) is 0 Å². The highest BCUT2D eigenvalue weighted by Gasteiger charge is 2.20. The minimum atomic E-state index is -4.52. The number of likely N-dealkylation sites (N-methyl/N-ethyl adjacent to an activating group) is 1. The minimum Gasteiger partial charge on any atom is -0.756 e. The Morgan fingerprint density at radius 2 is 0.963 bits per heavy atom. The number of carbonyl (C=O) groups excluding carboxylic acids is 1. The van der Waals surface area contributed by atoms with Gasteiger partial charge in [-0.3, -0.25) is 9.36 Å². The van der Waals surface area contributed by atoms with Crippen molar-refractivity contribution < 1.29 is 37.3 Å². The molecule has 0 saturated heterocycles. The van der Waals surface area contributed by atoms with Gasteiger partial charge in [-0.05, 0) is 64.2 Å². The minimum absolute atomic E-state index is 0.0258. The number of ether oxygens (including phenoxy) is 2. The Hall–Kier alpha value is -1.02. The number of phosphoric acid groups is 1. The number of rotatable bonds is 42. The van der Waals surface area contributed by atoms with Crippen molar-refractivity contribution in [2.75, 3.05) is 54.1 Å². The number of allylic oxidation sites excluding steroid dienone is 4. The molecule has 0 aromatic rings. The molecule has 0 amide bonds. The van der Waals surface area contributed by atoms with Crippen LogP contribution in [0.4, 0.5) is 0 Å². The number of hydrogen-bond acceptors (Lipinski definition) is 7. The van der Waals surface area contributed by atoms with Crippen LogP contribution in [0.25, 0.3) is 0 Å². The highest BCUT2D eigenvalue weighted by Crippen LogP contribution is 2.38. The molecule has 0 N–H and O–H groups in total. The summed E-state index contributed by atoms with van der Waals surface area (Å²) in [5.41, 5.74) is 0. The molecule has 0 rings (SSSR count). The average Bonchev–Trinajstić information content (AvgIpc) is 3.12. The summed E-state index contributed by atoms with van der Waals surface area (Å²) < 4.78 is 34.6. The van der Waals surface area contributed by atoms with E-state index in [4.69, 9.17) is 18.5 Å². The Balaban J connectivity index is 4.19. The average molecular weight is 786 g/mol. The molecule has 8 nitrogen and oxygen atoms in total. The van der Waals surface area contributed by atoms with Crippen LogP contribution in [-0.2, 0) is 27.9 Å². The fraction of sp³-hybridized carbons (Fsp3) is 0.889. The first kappa shape index (κ1) is 53.0. The molecule has 0 aliphatic heterocycles. The van der Waals surface area contributed by atoms with Crippen molar-refractivity contribution in [1.82, 2.24) is 0 Å². The van der Waals surface area contributed by atoms with Crippen molar-refractivity contribution in [2.45, 2.75) is 206 Å². The van der Waals surface area contributed by atoms with E-state index in [1.54, 1.807) is 0 Å². The van der Waals surface area contributed by atoms with Gasteiger partial charge in [-0.15, -0.1) is 0 Å². The maximum Gasteiger partial charge on any atom is 0.306 e. The zero-order valence-corrected chi connectivity index (χ0v) is 37.1. The molecule has 0 aromatic heterocycles. The van der Waals surface area contributed by atoms with E-state index in [9.17, 15) is 14.3 Å². The second-order valence-corrected chi connectivity index (χ2v) is 17.8. The van der Waals surface area contributed by atoms with Crippen LogP contribution in [0, 0.1) is 0 Å². The number of phosphoric ester groups is 1. The Kier molecular flexibility index (Phi) is 38.1. The summed E-state index contributed by atoms with van der Waals surface area (Å²) in [5, 5.41) is 0. The van der Waals surface area contributed by atoms with Gasteiger partial charge in [0.05, 0.1) is 34.4 Å². The molecule has 0 aliphatic carbocycles. The number of hydrogen-bond donors (Lipinski definition) is 0. The Morgan fingerprint density at radius 3 is 1.44 bits per heavy atom. The van der Waals surface area contributed by atoms with Gasteiger partial charge >= 0.3 is 5.97 Å². The first-order valence-corrected chi connectivity index (χ1v) is 24.0. The summed E-state index contributed by atoms with van der Waals surface area (Å²) in [7, 11) is 1.36. The third kappa shape index (κ3) is 42.1. The molecule has 0 aromatic carbocycles. The fourth-order valence-electron chi connectivity index (χ4n) is 6.18. The smallest absolute Gasteiger partial charge is 0.306 e. The lowest BCUT2D eigenvalue weighted by Gasteiger charge is -2.28. The lowest BCUT2D eigenvalue weighted by atomic mass is 10.1. The van der Waals surface area contributed by atoms with Crippen LogP contribution in [0.3, 0.4) is 0 Å². The summed E-state index contributed by atoms with van der Waals surface area (Å²) in [6.07, 6.45) is 43.3. The maximum atomic E-state index is 12.7. The van der Waals surface area contributed by atoms with Gasteiger partial charge < -0.3 is 27.9 Å². The molecule has 0 spiro atoms. The molecule has 0 saturated carbocycles. The summed E-state index contributed by atoms with van der Waals surface area (Å²) >= 11 is 0. The summed E-state index contributed by atoms with van der Waals surface area (Å²) in [5.74, 6) is -0.337. The van der Waals surface area contributed by atoms with E-state index in [1.807, 2.05) is 21.1 Å². The second kappa shape index (κ2) is 38.8. The first-order chi connectivity index (χ1) is 26.1. The van der Waals surface area contributed by atoms with Crippen LogP contribution in [0.5, 0.6) is 0 Å². The third-order valence-electron chi connectivity index (χ3n) is 9.73. The van der Waals surface area contributed by atoms with E-state index < -0.39 is 13.9 Å². The zero-order chi connectivity index (χ0) is 39.9. The zero-order valence-electron chi connectivity index (χ0n) is 36.2. The number of nitrogens with zero attached hydrogens (tertiary/aromatic N) is 1. The molecule has 0 bridgehead atoms. The van der Waals surface area contributed by atoms with E-state index >= 15 is 0 Å². The van der Waals surface area contributed by atoms with Crippen LogP contribution >= 0.6 is 7.82 Å². The highest BCUT2D eigenvalue weighted by atomic mass is 31.2. The highest BCUT2D eigenvalue weighted by molar-refractivity contribution is 7.45. The van der Waals surface area contributed by atoms with Gasteiger partial charge in [-0.1, -0.05) is 154 Å². The molecule has 2 unspecified atom stereocenters. The standard InChI is InChI=1S/C45H88NO7P/c1-6-8-10-12-14-16-18-20-21-22-23-24-25-26-28-30-32-34-36-38-45(47)53-44(43-52-54(48,49)51-41-39-46(3,4)5)42-50-40-37-35-33-31-29-27-19-17-15-13-11-9-7-2/h15,17,20-21,44H,6-14,16,18-19,22-43H2,1-5H3/b17-15-,21-20-. The summed E-state index contributed by atoms with van der Waals surface area (Å²) in [4.78, 5) is 25.0. The van der Waals surface area contributed by atoms with E-state index in [0.29, 0.717) is 24.1 Å². The lowest BCUT2D eigenvalue weighted by Crippen LogP contribution is -2.37. The molecule has 2 atom stereocenters. The third-order valence-corrected chi connectivity index (χ3v) is 10.7. The van der Waals surface area contributed by atoms with Gasteiger partial charge in [0.2, 0.25) is 0 Å². The van der Waals surface area contributed by atoms with Gasteiger partial charge in [0.1, 0.15) is 19.3 Å². The fourth-order valence-corrected chi connectivity index (χ4v) is 6.91. The van der Waals surface area contributed by atoms with E-state index in [-0.39, 0.29) is 25.8 Å². The van der Waals surface area contributed by atoms with Gasteiger partial charge in [0.15, 0.2) is 0 Å². The van der Waals surface area contributed by atoms with E-state index in [1.165, 1.54) is 148 Å². The first-order valence-electron chi connectivity index (χ1n) is 22.6. The topological polar surface area (TPSA) is 94.1 Å². The van der Waals surface area contributed by atoms with Gasteiger partial charge in [0, 0.05) is 13.0 Å². The van der Waals surface area contributed by atoms with E-state index in [0.717, 1.165) is 32.1 Å². The molecular weight excluding hydrogens is 697 g/mol. The quantitative estimate of drug-likeness (QED) is 0.0200. The monoisotopic (exact) mass is 786 g/mol. The number of carbonyl (C=O) groups is 1. The van der Waals surface area contributed by atoms with Crippen molar-refractivity contribution in [3.05, 3.63) is 24.3 Å². The number of esters is 1. The molecule has 9 heteroatoms. The summed E-state index contributed by atoms with van der Waals surface area (Å²) in [6.45, 7) is 5.39. The molecular formula is C45H88NO7P. The number of quaternary nitrogens is 1. The lowest BCUT2D eigenvalue weighted by molar-refractivity contribution is -0.870. The van der Waals surface area contributed by atoms with Crippen LogP contribution in [0.15, 0.2) is 24.3 Å². The Labute approximate surface area is 334 Å². The van der Waals surface area contributed by atoms with Crippen molar-refractivity contribution in [2.24, 2.45) is 0 Å². The second-order valence-electron chi connectivity index (χ2n) is 16.4. The van der Waals surface area contributed by atoms with Crippen molar-refractivity contribution in [3.63, 3.8) is 0 Å². The van der Waals surface area contributed by atoms with Gasteiger partial charge in [0.25, 0.3) is 7.82 Å². The molecule has 54 heavy (non-hydrogen) atoms. The normalized spacial score (nSPS) is 14.0. The van der Waals surface area contributed by atoms with E-state index in [2.05, 4.69) is 38.2 Å². The summed E-state index contributed by atoms with van der Waals surface area (Å²) in [6, 6.07) is 0. The molecule has 0 aliphatic rings. The van der Waals surface area contributed by atoms with Crippen molar-refractivity contribution >= 4 is 13.8 Å². The molecule has 320 valence electrons. The van der Waals surface area contributed by atoms with Crippen LogP contribution in [-0.4, -0.2) is 70.7 Å². The molecule has 0 fully saturated rings. The SMILES string of the molecule is CCCCC/C=C\CCCCCCCCOCC(COP(=O)([O-])OCC[N+](C)(C)C)OC(=O)CCCCCCCCCCC/C=C\CCCCCCCC. The van der Waals surface area contributed by atoms with Gasteiger partial charge in [-0.2, -0.15) is 0 Å². The Bertz CT molecular complexity index is 920. The molecule has 0 radical (unpaired) electrons. The largest absolute Gasteiger partial charge is 0.756 e. The maximum absolute atomic E-state index is 12.7. The van der Waals surface area contributed by atoms with Crippen molar-refractivity contribution in [3.8, 4) is 0 Å². The number of unbranched alkanes of at least 4 members (excludes halogenated alkanes) is 24.